The second-order valence-corrected chi connectivity index (χ2v) is 5.88. The van der Waals surface area contributed by atoms with Gasteiger partial charge in [-0.15, -0.1) is 11.8 Å². The summed E-state index contributed by atoms with van der Waals surface area (Å²) in [5, 5.41) is 5.06. The van der Waals surface area contributed by atoms with Crippen LogP contribution in [0.5, 0.6) is 0 Å². The van der Waals surface area contributed by atoms with Gasteiger partial charge in [-0.1, -0.05) is 24.6 Å². The van der Waals surface area contributed by atoms with Crippen molar-refractivity contribution < 1.29 is 0 Å². The largest absolute Gasteiger partial charge is 0.322 e. The zero-order chi connectivity index (χ0) is 13.7. The van der Waals surface area contributed by atoms with Crippen LogP contribution < -0.4 is 5.73 Å². The van der Waals surface area contributed by atoms with Crippen LogP contribution in [0.4, 0.5) is 0 Å². The number of benzene rings is 1. The van der Waals surface area contributed by atoms with Crippen LogP contribution in [0.2, 0.25) is 5.02 Å². The van der Waals surface area contributed by atoms with E-state index in [9.17, 15) is 0 Å². The van der Waals surface area contributed by atoms with Gasteiger partial charge in [-0.05, 0) is 30.7 Å². The quantitative estimate of drug-likeness (QED) is 0.826. The zero-order valence-electron chi connectivity index (χ0n) is 10.9. The van der Waals surface area contributed by atoms with Crippen LogP contribution in [-0.2, 0) is 6.54 Å². The second-order valence-electron chi connectivity index (χ2n) is 4.35. The molecule has 3 nitrogen and oxygen atoms in total. The molecule has 1 heterocycles. The van der Waals surface area contributed by atoms with Crippen molar-refractivity contribution in [1.29, 1.82) is 0 Å². The summed E-state index contributed by atoms with van der Waals surface area (Å²) in [6.45, 7) is 3.05. The summed E-state index contributed by atoms with van der Waals surface area (Å²) in [5.74, 6) is 0.815. The molecule has 0 bridgehead atoms. The molecule has 2 rings (SSSR count). The first-order valence-electron chi connectivity index (χ1n) is 6.36. The van der Waals surface area contributed by atoms with E-state index in [0.29, 0.717) is 0 Å². The molecule has 0 saturated heterocycles. The summed E-state index contributed by atoms with van der Waals surface area (Å²) in [5.41, 5.74) is 7.34. The standard InChI is InChI=1S/C14H18ClN3S/c1-2-8-18-14(6-7-17-18)13(16)10-19-12-5-3-4-11(15)9-12/h3-7,9,13H,2,8,10,16H2,1H3. The first-order chi connectivity index (χ1) is 9.20. The molecule has 0 aliphatic heterocycles. The summed E-state index contributed by atoms with van der Waals surface area (Å²) in [6, 6.07) is 9.82. The van der Waals surface area contributed by atoms with E-state index in [4.69, 9.17) is 17.3 Å². The van der Waals surface area contributed by atoms with Crippen molar-refractivity contribution >= 4 is 23.4 Å². The lowest BCUT2D eigenvalue weighted by Crippen LogP contribution is -2.18. The number of thioether (sulfide) groups is 1. The van der Waals surface area contributed by atoms with E-state index >= 15 is 0 Å². The van der Waals surface area contributed by atoms with E-state index in [2.05, 4.69) is 12.0 Å². The van der Waals surface area contributed by atoms with E-state index in [1.54, 1.807) is 11.8 Å². The van der Waals surface area contributed by atoms with E-state index in [1.165, 1.54) is 0 Å². The van der Waals surface area contributed by atoms with Crippen molar-refractivity contribution in [1.82, 2.24) is 9.78 Å². The Bertz CT molecular complexity index is 527. The molecule has 0 aliphatic rings. The predicted octanol–water partition coefficient (Wildman–Crippen LogP) is 3.74. The highest BCUT2D eigenvalue weighted by atomic mass is 35.5. The molecule has 5 heteroatoms. The Labute approximate surface area is 123 Å². The molecular weight excluding hydrogens is 278 g/mol. The Morgan fingerprint density at radius 1 is 1.42 bits per heavy atom. The lowest BCUT2D eigenvalue weighted by molar-refractivity contribution is 0.554. The SMILES string of the molecule is CCCn1nccc1C(N)CSc1cccc(Cl)c1. The molecule has 0 spiro atoms. The Morgan fingerprint density at radius 2 is 2.26 bits per heavy atom. The van der Waals surface area contributed by atoms with Gasteiger partial charge < -0.3 is 5.73 Å². The van der Waals surface area contributed by atoms with E-state index in [0.717, 1.165) is 34.3 Å². The zero-order valence-corrected chi connectivity index (χ0v) is 12.5. The molecule has 1 atom stereocenters. The van der Waals surface area contributed by atoms with Crippen LogP contribution in [0.25, 0.3) is 0 Å². The van der Waals surface area contributed by atoms with Gasteiger partial charge in [-0.25, -0.2) is 0 Å². The van der Waals surface area contributed by atoms with Crippen LogP contribution in [0, 0.1) is 0 Å². The third-order valence-corrected chi connectivity index (χ3v) is 4.14. The number of halogens is 1. The van der Waals surface area contributed by atoms with E-state index < -0.39 is 0 Å². The number of aromatic nitrogens is 2. The van der Waals surface area contributed by atoms with Gasteiger partial charge >= 0.3 is 0 Å². The van der Waals surface area contributed by atoms with Crippen LogP contribution in [0.1, 0.15) is 25.1 Å². The second kappa shape index (κ2) is 6.98. The summed E-state index contributed by atoms with van der Waals surface area (Å²) < 4.78 is 1.99. The molecule has 19 heavy (non-hydrogen) atoms. The number of aryl methyl sites for hydroxylation is 1. The molecule has 0 fully saturated rings. The number of hydrogen-bond acceptors (Lipinski definition) is 3. The molecule has 0 saturated carbocycles. The maximum Gasteiger partial charge on any atom is 0.0562 e. The molecule has 1 aromatic heterocycles. The molecule has 0 aliphatic carbocycles. The maximum absolute atomic E-state index is 6.24. The molecule has 0 radical (unpaired) electrons. The van der Waals surface area contributed by atoms with Gasteiger partial charge in [0.15, 0.2) is 0 Å². The Morgan fingerprint density at radius 3 is 3.00 bits per heavy atom. The van der Waals surface area contributed by atoms with E-state index in [-0.39, 0.29) is 6.04 Å². The molecule has 0 amide bonds. The van der Waals surface area contributed by atoms with Crippen molar-refractivity contribution in [3.8, 4) is 0 Å². The number of rotatable bonds is 6. The van der Waals surface area contributed by atoms with Crippen molar-refractivity contribution in [2.24, 2.45) is 5.73 Å². The van der Waals surface area contributed by atoms with E-state index in [1.807, 2.05) is 41.2 Å². The van der Waals surface area contributed by atoms with Gasteiger partial charge in [0.1, 0.15) is 0 Å². The van der Waals surface area contributed by atoms with Gasteiger partial charge in [0, 0.05) is 28.4 Å². The fourth-order valence-corrected chi connectivity index (χ4v) is 3.07. The molecule has 1 unspecified atom stereocenters. The summed E-state index contributed by atoms with van der Waals surface area (Å²) in [6.07, 6.45) is 2.87. The molecular formula is C14H18ClN3S. The van der Waals surface area contributed by atoms with Crippen molar-refractivity contribution in [3.63, 3.8) is 0 Å². The van der Waals surface area contributed by atoms with Crippen molar-refractivity contribution in [3.05, 3.63) is 47.2 Å². The summed E-state index contributed by atoms with van der Waals surface area (Å²) >= 11 is 7.68. The molecule has 2 N–H and O–H groups in total. The van der Waals surface area contributed by atoms with Gasteiger partial charge in [-0.2, -0.15) is 5.10 Å². The first-order valence-corrected chi connectivity index (χ1v) is 7.72. The Hall–Kier alpha value is -0.970. The van der Waals surface area contributed by atoms with Gasteiger partial charge in [-0.3, -0.25) is 4.68 Å². The molecule has 102 valence electrons. The number of hydrogen-bond donors (Lipinski definition) is 1. The van der Waals surface area contributed by atoms with Crippen molar-refractivity contribution in [2.75, 3.05) is 5.75 Å². The normalized spacial score (nSPS) is 12.6. The minimum atomic E-state index is -0.0157. The molecule has 2 aromatic rings. The highest BCUT2D eigenvalue weighted by Gasteiger charge is 2.11. The third kappa shape index (κ3) is 4.00. The summed E-state index contributed by atoms with van der Waals surface area (Å²) in [7, 11) is 0. The highest BCUT2D eigenvalue weighted by molar-refractivity contribution is 7.99. The average molecular weight is 296 g/mol. The molecule has 1 aromatic carbocycles. The average Bonchev–Trinajstić information content (AvgIpc) is 2.85. The van der Waals surface area contributed by atoms with Crippen LogP contribution in [0.15, 0.2) is 41.4 Å². The lowest BCUT2D eigenvalue weighted by Gasteiger charge is -2.13. The topological polar surface area (TPSA) is 43.8 Å². The highest BCUT2D eigenvalue weighted by Crippen LogP contribution is 2.25. The third-order valence-electron chi connectivity index (χ3n) is 2.79. The first kappa shape index (κ1) is 14.4. The Kier molecular flexibility index (Phi) is 5.31. The lowest BCUT2D eigenvalue weighted by atomic mass is 10.2. The van der Waals surface area contributed by atoms with Crippen molar-refractivity contribution in [2.45, 2.75) is 30.8 Å². The summed E-state index contributed by atoms with van der Waals surface area (Å²) in [4.78, 5) is 1.14. The van der Waals surface area contributed by atoms with Gasteiger partial charge in [0.25, 0.3) is 0 Å². The number of nitrogens with two attached hydrogens (primary N) is 1. The van der Waals surface area contributed by atoms with Crippen LogP contribution in [0.3, 0.4) is 0 Å². The van der Waals surface area contributed by atoms with Gasteiger partial charge in [0.2, 0.25) is 0 Å². The van der Waals surface area contributed by atoms with Crippen LogP contribution in [-0.4, -0.2) is 15.5 Å². The minimum Gasteiger partial charge on any atom is -0.322 e. The smallest absolute Gasteiger partial charge is 0.0562 e. The van der Waals surface area contributed by atoms with Crippen LogP contribution >= 0.6 is 23.4 Å². The predicted molar refractivity (Wildman–Crippen MR) is 81.6 cm³/mol. The fraction of sp³-hybridized carbons (Fsp3) is 0.357. The number of nitrogens with zero attached hydrogens (tertiary/aromatic N) is 2. The fourth-order valence-electron chi connectivity index (χ4n) is 1.88. The minimum absolute atomic E-state index is 0.0157. The maximum atomic E-state index is 6.24. The Balaban J connectivity index is 1.97. The monoisotopic (exact) mass is 295 g/mol. The van der Waals surface area contributed by atoms with Gasteiger partial charge in [0.05, 0.1) is 11.7 Å².